The van der Waals surface area contributed by atoms with Crippen LogP contribution >= 0.6 is 22.6 Å². The molecule has 1 fully saturated rings. The number of rotatable bonds is 4. The second-order valence-corrected chi connectivity index (χ2v) is 5.76. The first-order valence-electron chi connectivity index (χ1n) is 6.27. The van der Waals surface area contributed by atoms with E-state index >= 15 is 0 Å². The molecule has 0 unspecified atom stereocenters. The number of nitrogens with zero attached hydrogens (tertiary/aromatic N) is 3. The molecular weight excluding hydrogens is 337 g/mol. The lowest BCUT2D eigenvalue weighted by molar-refractivity contribution is 0.336. The normalized spacial score (nSPS) is 15.6. The van der Waals surface area contributed by atoms with Crippen LogP contribution < -0.4 is 0 Å². The van der Waals surface area contributed by atoms with E-state index in [9.17, 15) is 0 Å². The van der Waals surface area contributed by atoms with E-state index in [1.807, 2.05) is 11.1 Å². The molecule has 0 saturated carbocycles. The van der Waals surface area contributed by atoms with Crippen molar-refractivity contribution in [2.75, 3.05) is 13.1 Å². The molecule has 1 saturated heterocycles. The van der Waals surface area contributed by atoms with Gasteiger partial charge in [-0.05, 0) is 66.0 Å². The smallest absolute Gasteiger partial charge is 0.104 e. The first-order valence-corrected chi connectivity index (χ1v) is 7.35. The molecule has 2 rings (SSSR count). The molecule has 0 bridgehead atoms. The summed E-state index contributed by atoms with van der Waals surface area (Å²) in [5.41, 5.74) is 3.46. The van der Waals surface area contributed by atoms with E-state index in [2.05, 4.69) is 58.6 Å². The van der Waals surface area contributed by atoms with Crippen molar-refractivity contribution in [3.8, 4) is 0 Å². The zero-order valence-corrected chi connectivity index (χ0v) is 12.9. The molecule has 4 heteroatoms. The van der Waals surface area contributed by atoms with Crippen molar-refractivity contribution in [2.24, 2.45) is 10.3 Å². The predicted octanol–water partition coefficient (Wildman–Crippen LogP) is 4.42. The van der Waals surface area contributed by atoms with Crippen molar-refractivity contribution in [3.63, 3.8) is 0 Å². The number of benzene rings is 1. The Kier molecular flexibility index (Phi) is 4.74. The van der Waals surface area contributed by atoms with Crippen LogP contribution in [0.15, 0.2) is 35.1 Å². The third-order valence-corrected chi connectivity index (χ3v) is 3.83. The van der Waals surface area contributed by atoms with Crippen LogP contribution in [0.5, 0.6) is 0 Å². The molecule has 1 aromatic rings. The van der Waals surface area contributed by atoms with Gasteiger partial charge in [0.15, 0.2) is 0 Å². The summed E-state index contributed by atoms with van der Waals surface area (Å²) in [4.78, 5) is 0. The zero-order chi connectivity index (χ0) is 13.0. The number of hydrogen-bond donors (Lipinski definition) is 0. The average Bonchev–Trinajstić information content (AvgIpc) is 2.81. The van der Waals surface area contributed by atoms with Crippen molar-refractivity contribution in [1.82, 2.24) is 5.01 Å². The zero-order valence-electron chi connectivity index (χ0n) is 10.7. The fourth-order valence-corrected chi connectivity index (χ4v) is 3.07. The molecule has 0 radical (unpaired) electrons. The van der Waals surface area contributed by atoms with Gasteiger partial charge >= 0.3 is 0 Å². The second-order valence-electron chi connectivity index (χ2n) is 4.60. The third-order valence-electron chi connectivity index (χ3n) is 3.00. The second kappa shape index (κ2) is 6.31. The van der Waals surface area contributed by atoms with Crippen molar-refractivity contribution in [1.29, 1.82) is 0 Å². The van der Waals surface area contributed by atoms with Crippen LogP contribution in [0, 0.1) is 10.5 Å². The van der Waals surface area contributed by atoms with Gasteiger partial charge in [0.2, 0.25) is 0 Å². The summed E-state index contributed by atoms with van der Waals surface area (Å²) in [6, 6.07) is 4.31. The Morgan fingerprint density at radius 3 is 2.78 bits per heavy atom. The van der Waals surface area contributed by atoms with Gasteiger partial charge in [0.1, 0.15) is 5.69 Å². The molecule has 1 aromatic carbocycles. The molecule has 1 aliphatic heterocycles. The number of halogens is 1. The molecular formula is C14H18IN3. The summed E-state index contributed by atoms with van der Waals surface area (Å²) in [5, 5.41) is 10.8. The molecule has 0 atom stereocenters. The van der Waals surface area contributed by atoms with E-state index in [-0.39, 0.29) is 0 Å². The van der Waals surface area contributed by atoms with Crippen LogP contribution in [0.2, 0.25) is 0 Å². The topological polar surface area (TPSA) is 28.0 Å². The standard InChI is InChI=1S/C14H18IN3/c1-3-6-12-9-11(2)10-13(15)14(12)16-17-18-7-4-5-8-18/h3,9-10H,1,4-8H2,2H3. The van der Waals surface area contributed by atoms with E-state index in [0.717, 1.165) is 28.8 Å². The molecule has 18 heavy (non-hydrogen) atoms. The molecule has 0 amide bonds. The number of hydrogen-bond acceptors (Lipinski definition) is 2. The van der Waals surface area contributed by atoms with Crippen molar-refractivity contribution < 1.29 is 0 Å². The van der Waals surface area contributed by atoms with Gasteiger partial charge in [0.05, 0.1) is 0 Å². The van der Waals surface area contributed by atoms with Crippen molar-refractivity contribution >= 4 is 28.3 Å². The van der Waals surface area contributed by atoms with E-state index in [1.54, 1.807) is 0 Å². The summed E-state index contributed by atoms with van der Waals surface area (Å²) < 4.78 is 1.16. The highest BCUT2D eigenvalue weighted by molar-refractivity contribution is 14.1. The first kappa shape index (κ1) is 13.5. The fraction of sp³-hybridized carbons (Fsp3) is 0.429. The summed E-state index contributed by atoms with van der Waals surface area (Å²) in [5.74, 6) is 0. The monoisotopic (exact) mass is 355 g/mol. The SMILES string of the molecule is C=CCc1cc(C)cc(I)c1N=NN1CCCC1. The Labute approximate surface area is 122 Å². The van der Waals surface area contributed by atoms with Gasteiger partial charge < -0.3 is 0 Å². The molecule has 0 N–H and O–H groups in total. The minimum absolute atomic E-state index is 0.839. The molecule has 0 spiro atoms. The molecule has 0 aliphatic carbocycles. The van der Waals surface area contributed by atoms with Crippen LogP contribution in [-0.2, 0) is 6.42 Å². The largest absolute Gasteiger partial charge is 0.278 e. The average molecular weight is 355 g/mol. The van der Waals surface area contributed by atoms with Crippen LogP contribution in [0.25, 0.3) is 0 Å². The van der Waals surface area contributed by atoms with E-state index in [0.29, 0.717) is 0 Å². The van der Waals surface area contributed by atoms with Crippen LogP contribution in [0.4, 0.5) is 5.69 Å². The minimum Gasteiger partial charge on any atom is -0.278 e. The Balaban J connectivity index is 2.26. The Hall–Kier alpha value is -0.910. The predicted molar refractivity (Wildman–Crippen MR) is 83.1 cm³/mol. The lowest BCUT2D eigenvalue weighted by Crippen LogP contribution is -2.09. The van der Waals surface area contributed by atoms with E-state index in [1.165, 1.54) is 24.0 Å². The Morgan fingerprint density at radius 2 is 2.11 bits per heavy atom. The molecule has 96 valence electrons. The highest BCUT2D eigenvalue weighted by Gasteiger charge is 2.10. The van der Waals surface area contributed by atoms with Gasteiger partial charge in [-0.2, -0.15) is 0 Å². The highest BCUT2D eigenvalue weighted by atomic mass is 127. The van der Waals surface area contributed by atoms with E-state index in [4.69, 9.17) is 0 Å². The maximum atomic E-state index is 4.44. The van der Waals surface area contributed by atoms with E-state index < -0.39 is 0 Å². The summed E-state index contributed by atoms with van der Waals surface area (Å²) >= 11 is 2.33. The summed E-state index contributed by atoms with van der Waals surface area (Å²) in [7, 11) is 0. The maximum Gasteiger partial charge on any atom is 0.104 e. The third kappa shape index (κ3) is 3.31. The van der Waals surface area contributed by atoms with Gasteiger partial charge in [-0.25, -0.2) is 0 Å². The lowest BCUT2D eigenvalue weighted by Gasteiger charge is -2.10. The van der Waals surface area contributed by atoms with Crippen LogP contribution in [0.1, 0.15) is 24.0 Å². The summed E-state index contributed by atoms with van der Waals surface area (Å²) in [6.07, 6.45) is 5.21. The fourth-order valence-electron chi connectivity index (χ4n) is 2.13. The molecule has 3 nitrogen and oxygen atoms in total. The molecule has 1 heterocycles. The van der Waals surface area contributed by atoms with Crippen LogP contribution in [-0.4, -0.2) is 18.1 Å². The van der Waals surface area contributed by atoms with Crippen molar-refractivity contribution in [2.45, 2.75) is 26.2 Å². The highest BCUT2D eigenvalue weighted by Crippen LogP contribution is 2.29. The van der Waals surface area contributed by atoms with Gasteiger partial charge in [-0.3, -0.25) is 5.01 Å². The molecule has 1 aliphatic rings. The van der Waals surface area contributed by atoms with Crippen LogP contribution in [0.3, 0.4) is 0 Å². The van der Waals surface area contributed by atoms with Crippen molar-refractivity contribution in [3.05, 3.63) is 39.5 Å². The first-order chi connectivity index (χ1) is 8.70. The number of allylic oxidation sites excluding steroid dienone is 1. The lowest BCUT2D eigenvalue weighted by atomic mass is 10.1. The van der Waals surface area contributed by atoms with Gasteiger partial charge in [0, 0.05) is 16.7 Å². The van der Waals surface area contributed by atoms with Gasteiger partial charge in [-0.15, -0.1) is 11.7 Å². The number of aryl methyl sites for hydroxylation is 1. The Morgan fingerprint density at radius 1 is 1.39 bits per heavy atom. The Bertz CT molecular complexity index is 462. The van der Waals surface area contributed by atoms with Gasteiger partial charge in [-0.1, -0.05) is 17.4 Å². The summed E-state index contributed by atoms with van der Waals surface area (Å²) in [6.45, 7) is 7.98. The quantitative estimate of drug-likeness (QED) is 0.446. The molecule has 0 aromatic heterocycles. The van der Waals surface area contributed by atoms with Gasteiger partial charge in [0.25, 0.3) is 0 Å². The minimum atomic E-state index is 0.839. The maximum absolute atomic E-state index is 4.44.